The maximum absolute atomic E-state index is 5.50. The second-order valence-electron chi connectivity index (χ2n) is 3.20. The molecule has 0 fully saturated rings. The molecule has 4 nitrogen and oxygen atoms in total. The second-order valence-corrected chi connectivity index (χ2v) is 3.20. The molecule has 0 aliphatic rings. The third kappa shape index (κ3) is 3.40. The Morgan fingerprint density at radius 2 is 1.69 bits per heavy atom. The van der Waals surface area contributed by atoms with Crippen LogP contribution in [0.5, 0.6) is 11.5 Å². The molecule has 0 atom stereocenters. The normalized spacial score (nSPS) is 10.2. The highest BCUT2D eigenvalue weighted by molar-refractivity contribution is 5.46. The first-order chi connectivity index (χ1) is 7.83. The van der Waals surface area contributed by atoms with E-state index < -0.39 is 0 Å². The standard InChI is InChI=1S/C12H18O4/c1-4-10-6-5-7-11(15-8-13-2)12(10)16-9-14-3/h5-7H,4,8-9H2,1-3H3. The van der Waals surface area contributed by atoms with Crippen LogP contribution >= 0.6 is 0 Å². The number of rotatable bonds is 7. The minimum absolute atomic E-state index is 0.205. The Hall–Kier alpha value is -1.26. The maximum atomic E-state index is 5.50. The lowest BCUT2D eigenvalue weighted by Crippen LogP contribution is -2.06. The van der Waals surface area contributed by atoms with Gasteiger partial charge in [0.1, 0.15) is 0 Å². The number of para-hydroxylation sites is 1. The second kappa shape index (κ2) is 7.09. The highest BCUT2D eigenvalue weighted by Gasteiger charge is 2.09. The van der Waals surface area contributed by atoms with Crippen LogP contribution in [0.1, 0.15) is 12.5 Å². The van der Waals surface area contributed by atoms with Crippen LogP contribution in [0.4, 0.5) is 0 Å². The van der Waals surface area contributed by atoms with E-state index in [1.54, 1.807) is 14.2 Å². The minimum atomic E-state index is 0.205. The molecule has 0 amide bonds. The van der Waals surface area contributed by atoms with E-state index in [2.05, 4.69) is 6.92 Å². The van der Waals surface area contributed by atoms with Crippen LogP contribution in [0.15, 0.2) is 18.2 Å². The Morgan fingerprint density at radius 1 is 1.00 bits per heavy atom. The lowest BCUT2D eigenvalue weighted by Gasteiger charge is -2.14. The quantitative estimate of drug-likeness (QED) is 0.668. The molecule has 0 unspecified atom stereocenters. The van der Waals surface area contributed by atoms with Crippen LogP contribution in [0, 0.1) is 0 Å². The van der Waals surface area contributed by atoms with Crippen molar-refractivity contribution in [2.45, 2.75) is 13.3 Å². The Balaban J connectivity index is 2.86. The van der Waals surface area contributed by atoms with Gasteiger partial charge in [-0.2, -0.15) is 0 Å². The van der Waals surface area contributed by atoms with Crippen LogP contribution < -0.4 is 9.47 Å². The van der Waals surface area contributed by atoms with Gasteiger partial charge in [0.05, 0.1) is 0 Å². The van der Waals surface area contributed by atoms with Gasteiger partial charge in [-0.1, -0.05) is 19.1 Å². The van der Waals surface area contributed by atoms with Crippen molar-refractivity contribution in [1.82, 2.24) is 0 Å². The number of benzene rings is 1. The third-order valence-electron chi connectivity index (χ3n) is 2.09. The molecule has 0 heterocycles. The molecule has 0 aliphatic carbocycles. The van der Waals surface area contributed by atoms with E-state index in [0.29, 0.717) is 5.75 Å². The van der Waals surface area contributed by atoms with Crippen LogP contribution in [0.25, 0.3) is 0 Å². The summed E-state index contributed by atoms with van der Waals surface area (Å²) in [6, 6.07) is 5.79. The molecule has 0 spiro atoms. The topological polar surface area (TPSA) is 36.9 Å². The smallest absolute Gasteiger partial charge is 0.188 e. The first-order valence-corrected chi connectivity index (χ1v) is 5.18. The van der Waals surface area contributed by atoms with Crippen LogP contribution in [-0.2, 0) is 15.9 Å². The van der Waals surface area contributed by atoms with Gasteiger partial charge >= 0.3 is 0 Å². The Bertz CT molecular complexity index is 312. The van der Waals surface area contributed by atoms with Crippen LogP contribution in [0.3, 0.4) is 0 Å². The molecule has 4 heteroatoms. The first kappa shape index (κ1) is 12.8. The van der Waals surface area contributed by atoms with E-state index >= 15 is 0 Å². The lowest BCUT2D eigenvalue weighted by atomic mass is 10.1. The molecule has 0 aromatic heterocycles. The molecular formula is C12H18O4. The number of hydrogen-bond donors (Lipinski definition) is 0. The summed E-state index contributed by atoms with van der Waals surface area (Å²) in [6.07, 6.45) is 0.878. The molecule has 0 N–H and O–H groups in total. The van der Waals surface area contributed by atoms with Crippen molar-refractivity contribution in [3.05, 3.63) is 23.8 Å². The fraction of sp³-hybridized carbons (Fsp3) is 0.500. The summed E-state index contributed by atoms with van der Waals surface area (Å²) in [4.78, 5) is 0. The Morgan fingerprint density at radius 3 is 2.31 bits per heavy atom. The summed E-state index contributed by atoms with van der Waals surface area (Å²) in [5.41, 5.74) is 1.09. The molecule has 1 aromatic rings. The average Bonchev–Trinajstić information content (AvgIpc) is 2.33. The first-order valence-electron chi connectivity index (χ1n) is 5.18. The molecule has 90 valence electrons. The number of methoxy groups -OCH3 is 2. The van der Waals surface area contributed by atoms with Crippen molar-refractivity contribution in [3.8, 4) is 11.5 Å². The summed E-state index contributed by atoms with van der Waals surface area (Å²) in [5.74, 6) is 1.40. The molecule has 0 saturated heterocycles. The van der Waals surface area contributed by atoms with Crippen LogP contribution in [-0.4, -0.2) is 27.8 Å². The number of hydrogen-bond acceptors (Lipinski definition) is 4. The lowest BCUT2D eigenvalue weighted by molar-refractivity contribution is 0.0317. The predicted octanol–water partition coefficient (Wildman–Crippen LogP) is 2.21. The highest BCUT2D eigenvalue weighted by Crippen LogP contribution is 2.31. The van der Waals surface area contributed by atoms with Crippen molar-refractivity contribution < 1.29 is 18.9 Å². The van der Waals surface area contributed by atoms with E-state index in [4.69, 9.17) is 18.9 Å². The highest BCUT2D eigenvalue weighted by atomic mass is 16.7. The number of aryl methyl sites for hydroxylation is 1. The Labute approximate surface area is 96.1 Å². The van der Waals surface area contributed by atoms with E-state index in [1.807, 2.05) is 18.2 Å². The molecule has 0 aliphatic heterocycles. The number of ether oxygens (including phenoxy) is 4. The maximum Gasteiger partial charge on any atom is 0.188 e. The van der Waals surface area contributed by atoms with Crippen molar-refractivity contribution in [2.75, 3.05) is 27.8 Å². The summed E-state index contributed by atoms with van der Waals surface area (Å²) in [5, 5.41) is 0. The zero-order chi connectivity index (χ0) is 11.8. The molecule has 1 aromatic carbocycles. The van der Waals surface area contributed by atoms with E-state index in [9.17, 15) is 0 Å². The van der Waals surface area contributed by atoms with E-state index in [-0.39, 0.29) is 13.6 Å². The monoisotopic (exact) mass is 226 g/mol. The molecular weight excluding hydrogens is 208 g/mol. The summed E-state index contributed by atoms with van der Waals surface area (Å²) >= 11 is 0. The van der Waals surface area contributed by atoms with Gasteiger partial charge < -0.3 is 18.9 Å². The van der Waals surface area contributed by atoms with Gasteiger partial charge in [0, 0.05) is 14.2 Å². The molecule has 0 bridgehead atoms. The van der Waals surface area contributed by atoms with Gasteiger partial charge in [0.15, 0.2) is 25.1 Å². The van der Waals surface area contributed by atoms with Crippen molar-refractivity contribution in [2.24, 2.45) is 0 Å². The fourth-order valence-corrected chi connectivity index (χ4v) is 1.36. The average molecular weight is 226 g/mol. The van der Waals surface area contributed by atoms with E-state index in [0.717, 1.165) is 17.7 Å². The van der Waals surface area contributed by atoms with Gasteiger partial charge in [-0.3, -0.25) is 0 Å². The molecule has 1 rings (SSSR count). The predicted molar refractivity (Wildman–Crippen MR) is 60.8 cm³/mol. The van der Waals surface area contributed by atoms with Gasteiger partial charge in [-0.05, 0) is 18.1 Å². The van der Waals surface area contributed by atoms with Gasteiger partial charge in [-0.25, -0.2) is 0 Å². The summed E-state index contributed by atoms with van der Waals surface area (Å²) < 4.78 is 20.7. The largest absolute Gasteiger partial charge is 0.464 e. The summed E-state index contributed by atoms with van der Waals surface area (Å²) in [6.45, 7) is 2.48. The van der Waals surface area contributed by atoms with Gasteiger partial charge in [0.25, 0.3) is 0 Å². The zero-order valence-electron chi connectivity index (χ0n) is 9.99. The van der Waals surface area contributed by atoms with Crippen molar-refractivity contribution in [3.63, 3.8) is 0 Å². The SMILES string of the molecule is CCc1cccc(OCOC)c1OCOC. The van der Waals surface area contributed by atoms with Crippen molar-refractivity contribution in [1.29, 1.82) is 0 Å². The zero-order valence-corrected chi connectivity index (χ0v) is 9.99. The van der Waals surface area contributed by atoms with Crippen molar-refractivity contribution >= 4 is 0 Å². The molecule has 16 heavy (non-hydrogen) atoms. The van der Waals surface area contributed by atoms with Crippen LogP contribution in [0.2, 0.25) is 0 Å². The Kier molecular flexibility index (Phi) is 5.67. The minimum Gasteiger partial charge on any atom is -0.464 e. The summed E-state index contributed by atoms with van der Waals surface area (Å²) in [7, 11) is 3.17. The fourth-order valence-electron chi connectivity index (χ4n) is 1.36. The molecule has 0 saturated carbocycles. The van der Waals surface area contributed by atoms with Gasteiger partial charge in [-0.15, -0.1) is 0 Å². The molecule has 0 radical (unpaired) electrons. The van der Waals surface area contributed by atoms with Gasteiger partial charge in [0.2, 0.25) is 0 Å². The van der Waals surface area contributed by atoms with E-state index in [1.165, 1.54) is 0 Å². The third-order valence-corrected chi connectivity index (χ3v) is 2.09.